The van der Waals surface area contributed by atoms with Crippen molar-refractivity contribution < 1.29 is 8.42 Å². The second-order valence-electron chi connectivity index (χ2n) is 4.69. The Balaban J connectivity index is 2.83. The number of benzene rings is 1. The Morgan fingerprint density at radius 1 is 1.35 bits per heavy atom. The number of hydrogen-bond acceptors (Lipinski definition) is 3. The summed E-state index contributed by atoms with van der Waals surface area (Å²) in [5.74, 6) is 0. The van der Waals surface area contributed by atoms with Crippen LogP contribution in [0.2, 0.25) is 0 Å². The first-order valence-electron chi connectivity index (χ1n) is 6.59. The average Bonchev–Trinajstić information content (AvgIpc) is 2.42. The number of rotatable bonds is 8. The first-order chi connectivity index (χ1) is 9.49. The molecule has 20 heavy (non-hydrogen) atoms. The van der Waals surface area contributed by atoms with Crippen molar-refractivity contribution in [2.24, 2.45) is 5.11 Å². The maximum absolute atomic E-state index is 12.2. The molecule has 110 valence electrons. The molecule has 0 aliphatic rings. The minimum Gasteiger partial charge on any atom is -0.208 e. The van der Waals surface area contributed by atoms with Gasteiger partial charge in [0, 0.05) is 17.5 Å². The van der Waals surface area contributed by atoms with Crippen LogP contribution in [0, 0.1) is 6.92 Å². The van der Waals surface area contributed by atoms with Crippen LogP contribution in [-0.2, 0) is 10.0 Å². The third kappa shape index (κ3) is 5.21. The molecule has 0 aromatic heterocycles. The zero-order valence-corrected chi connectivity index (χ0v) is 12.6. The Labute approximate surface area is 119 Å². The van der Waals surface area contributed by atoms with Gasteiger partial charge in [-0.25, -0.2) is 13.1 Å². The minimum absolute atomic E-state index is 0.127. The molecule has 0 spiro atoms. The van der Waals surface area contributed by atoms with Gasteiger partial charge < -0.3 is 0 Å². The summed E-state index contributed by atoms with van der Waals surface area (Å²) in [6, 6.07) is 6.29. The van der Waals surface area contributed by atoms with Crippen LogP contribution in [0.25, 0.3) is 10.4 Å². The smallest absolute Gasteiger partial charge is 0.208 e. The van der Waals surface area contributed by atoms with Crippen LogP contribution in [0.3, 0.4) is 0 Å². The van der Waals surface area contributed by atoms with Crippen molar-refractivity contribution in [1.82, 2.24) is 4.72 Å². The highest BCUT2D eigenvalue weighted by Gasteiger charge is 2.19. The van der Waals surface area contributed by atoms with Crippen molar-refractivity contribution >= 4 is 10.0 Å². The molecule has 0 aliphatic carbocycles. The number of unbranched alkanes of at least 4 members (excludes halogenated alkanes) is 1. The zero-order chi connectivity index (χ0) is 15.0. The summed E-state index contributed by atoms with van der Waals surface area (Å²) in [5, 5.41) is 3.47. The fraction of sp³-hybridized carbons (Fsp3) is 0.538. The van der Waals surface area contributed by atoms with E-state index in [1.54, 1.807) is 24.3 Å². The lowest BCUT2D eigenvalue weighted by molar-refractivity contribution is 0.516. The Morgan fingerprint density at radius 2 is 2.00 bits per heavy atom. The van der Waals surface area contributed by atoms with Crippen LogP contribution in [0.15, 0.2) is 34.3 Å². The van der Waals surface area contributed by atoms with Gasteiger partial charge in [-0.1, -0.05) is 42.6 Å². The van der Waals surface area contributed by atoms with Crippen molar-refractivity contribution in [3.8, 4) is 0 Å². The molecule has 0 bridgehead atoms. The van der Waals surface area contributed by atoms with Gasteiger partial charge in [-0.15, -0.1) is 0 Å². The zero-order valence-electron chi connectivity index (χ0n) is 11.8. The Morgan fingerprint density at radius 3 is 2.55 bits per heavy atom. The van der Waals surface area contributed by atoms with Gasteiger partial charge in [0.25, 0.3) is 0 Å². The molecule has 0 fully saturated rings. The van der Waals surface area contributed by atoms with Gasteiger partial charge in [-0.2, -0.15) is 0 Å². The number of aryl methyl sites for hydroxylation is 1. The van der Waals surface area contributed by atoms with Crippen LogP contribution in [0.4, 0.5) is 0 Å². The summed E-state index contributed by atoms with van der Waals surface area (Å²) in [6.45, 7) is 4.05. The van der Waals surface area contributed by atoms with E-state index < -0.39 is 10.0 Å². The number of nitrogens with one attached hydrogen (secondary N) is 1. The van der Waals surface area contributed by atoms with Crippen molar-refractivity contribution in [3.05, 3.63) is 40.3 Å². The predicted molar refractivity (Wildman–Crippen MR) is 78.8 cm³/mol. The molecular formula is C13H20N4O2S. The van der Waals surface area contributed by atoms with Crippen molar-refractivity contribution in [2.75, 3.05) is 6.54 Å². The Kier molecular flexibility index (Phi) is 6.51. The van der Waals surface area contributed by atoms with Crippen molar-refractivity contribution in [3.63, 3.8) is 0 Å². The monoisotopic (exact) mass is 296 g/mol. The molecule has 1 aromatic rings. The summed E-state index contributed by atoms with van der Waals surface area (Å²) < 4.78 is 27.1. The molecule has 1 rings (SSSR count). The molecule has 0 radical (unpaired) electrons. The molecule has 1 atom stereocenters. The SMILES string of the molecule is CCCC[C@H](CN=[N+]=[N-])NS(=O)(=O)c1ccc(C)cc1. The number of sulfonamides is 1. The molecule has 7 heteroatoms. The van der Waals surface area contributed by atoms with Gasteiger partial charge in [-0.3, -0.25) is 0 Å². The third-order valence-electron chi connectivity index (χ3n) is 2.92. The number of hydrogen-bond donors (Lipinski definition) is 1. The van der Waals surface area contributed by atoms with Crippen molar-refractivity contribution in [1.29, 1.82) is 0 Å². The quantitative estimate of drug-likeness (QED) is 0.453. The molecule has 1 N–H and O–H groups in total. The summed E-state index contributed by atoms with van der Waals surface area (Å²) in [7, 11) is -3.57. The van der Waals surface area contributed by atoms with Crippen LogP contribution in [0.1, 0.15) is 31.7 Å². The highest BCUT2D eigenvalue weighted by Crippen LogP contribution is 2.12. The van der Waals surface area contributed by atoms with E-state index in [-0.39, 0.29) is 17.5 Å². The summed E-state index contributed by atoms with van der Waals surface area (Å²) in [6.07, 6.45) is 2.49. The van der Waals surface area contributed by atoms with Gasteiger partial charge in [0.05, 0.1) is 4.90 Å². The normalized spacial score (nSPS) is 12.7. The fourth-order valence-corrected chi connectivity index (χ4v) is 3.04. The Hall–Kier alpha value is -1.56. The van der Waals surface area contributed by atoms with E-state index in [2.05, 4.69) is 14.7 Å². The molecule has 0 unspecified atom stereocenters. The van der Waals surface area contributed by atoms with Gasteiger partial charge >= 0.3 is 0 Å². The molecule has 0 amide bonds. The lowest BCUT2D eigenvalue weighted by Gasteiger charge is -2.16. The first-order valence-corrected chi connectivity index (χ1v) is 8.07. The predicted octanol–water partition coefficient (Wildman–Crippen LogP) is 3.14. The number of nitrogens with zero attached hydrogens (tertiary/aromatic N) is 3. The molecule has 0 aliphatic heterocycles. The lowest BCUT2D eigenvalue weighted by Crippen LogP contribution is -2.36. The third-order valence-corrected chi connectivity index (χ3v) is 4.46. The van der Waals surface area contributed by atoms with E-state index in [0.717, 1.165) is 18.4 Å². The molecule has 0 saturated carbocycles. The van der Waals surface area contributed by atoms with Gasteiger partial charge in [0.1, 0.15) is 0 Å². The highest BCUT2D eigenvalue weighted by atomic mass is 32.2. The van der Waals surface area contributed by atoms with Gasteiger partial charge in [-0.05, 0) is 31.0 Å². The molecular weight excluding hydrogens is 276 g/mol. The topological polar surface area (TPSA) is 94.9 Å². The second-order valence-corrected chi connectivity index (χ2v) is 6.40. The van der Waals surface area contributed by atoms with E-state index in [1.807, 2.05) is 13.8 Å². The van der Waals surface area contributed by atoms with Crippen LogP contribution < -0.4 is 4.72 Å². The van der Waals surface area contributed by atoms with Crippen molar-refractivity contribution in [2.45, 2.75) is 44.0 Å². The summed E-state index contributed by atoms with van der Waals surface area (Å²) >= 11 is 0. The largest absolute Gasteiger partial charge is 0.240 e. The maximum atomic E-state index is 12.2. The fourth-order valence-electron chi connectivity index (χ4n) is 1.78. The van der Waals surface area contributed by atoms with Gasteiger partial charge in [0.2, 0.25) is 10.0 Å². The average molecular weight is 296 g/mol. The van der Waals surface area contributed by atoms with E-state index >= 15 is 0 Å². The van der Waals surface area contributed by atoms with Crippen LogP contribution in [-0.4, -0.2) is 21.0 Å². The van der Waals surface area contributed by atoms with E-state index in [1.165, 1.54) is 0 Å². The van der Waals surface area contributed by atoms with Crippen LogP contribution in [0.5, 0.6) is 0 Å². The van der Waals surface area contributed by atoms with E-state index in [9.17, 15) is 8.42 Å². The molecule has 0 heterocycles. The van der Waals surface area contributed by atoms with Crippen LogP contribution >= 0.6 is 0 Å². The highest BCUT2D eigenvalue weighted by molar-refractivity contribution is 7.89. The van der Waals surface area contributed by atoms with E-state index in [0.29, 0.717) is 6.42 Å². The second kappa shape index (κ2) is 7.89. The number of azide groups is 1. The summed E-state index contributed by atoms with van der Waals surface area (Å²) in [4.78, 5) is 2.92. The molecule has 1 aromatic carbocycles. The lowest BCUT2D eigenvalue weighted by atomic mass is 10.1. The molecule has 0 saturated heterocycles. The van der Waals surface area contributed by atoms with Gasteiger partial charge in [0.15, 0.2) is 0 Å². The summed E-state index contributed by atoms with van der Waals surface area (Å²) in [5.41, 5.74) is 9.37. The maximum Gasteiger partial charge on any atom is 0.240 e. The standard InChI is InChI=1S/C13H20N4O2S/c1-3-4-5-12(10-15-17-14)16-20(18,19)13-8-6-11(2)7-9-13/h6-9,12,16H,3-5,10H2,1-2H3/t12-/m1/s1. The minimum atomic E-state index is -3.57. The first kappa shape index (κ1) is 16.5. The Bertz CT molecular complexity index is 563. The van der Waals surface area contributed by atoms with E-state index in [4.69, 9.17) is 5.53 Å². The molecule has 6 nitrogen and oxygen atoms in total.